The van der Waals surface area contributed by atoms with E-state index in [2.05, 4.69) is 10.4 Å². The molecule has 0 spiro atoms. The second-order valence-electron chi connectivity index (χ2n) is 5.43. The summed E-state index contributed by atoms with van der Waals surface area (Å²) in [5.41, 5.74) is 0.481. The van der Waals surface area contributed by atoms with Gasteiger partial charge in [-0.05, 0) is 0 Å². The van der Waals surface area contributed by atoms with Crippen LogP contribution in [0.4, 0.5) is 0 Å². The van der Waals surface area contributed by atoms with Crippen LogP contribution in [-0.2, 0) is 16.6 Å². The molecule has 3 amide bonds. The van der Waals surface area contributed by atoms with E-state index < -0.39 is 5.92 Å². The van der Waals surface area contributed by atoms with Gasteiger partial charge in [0.15, 0.2) is 0 Å². The lowest BCUT2D eigenvalue weighted by Gasteiger charge is -2.22. The minimum absolute atomic E-state index is 0.0930. The Morgan fingerprint density at radius 3 is 2.41 bits per heavy atom. The Morgan fingerprint density at radius 1 is 1.23 bits per heavy atom. The molecule has 2 rings (SSSR count). The molecule has 0 radical (unpaired) electrons. The zero-order valence-electron chi connectivity index (χ0n) is 13.1. The van der Waals surface area contributed by atoms with Crippen LogP contribution >= 0.6 is 0 Å². The molecule has 8 nitrogen and oxygen atoms in total. The van der Waals surface area contributed by atoms with E-state index in [4.69, 9.17) is 0 Å². The van der Waals surface area contributed by atoms with Crippen molar-refractivity contribution in [3.05, 3.63) is 18.0 Å². The maximum Gasteiger partial charge on any atom is 0.257 e. The second-order valence-corrected chi connectivity index (χ2v) is 5.43. The van der Waals surface area contributed by atoms with Crippen LogP contribution in [0, 0.1) is 5.92 Å². The standard InChI is InChI=1S/C14H21N5O3/c1-10(20)18-4-5-19(9-12(8-18)13(21)15-2)14(22)11-6-16-17(3)7-11/h6-7,12H,4-5,8-9H2,1-3H3,(H,15,21)/t12-/m0/s1. The molecular formula is C14H21N5O3. The Bertz CT molecular complexity index is 583. The molecule has 1 N–H and O–H groups in total. The molecule has 22 heavy (non-hydrogen) atoms. The largest absolute Gasteiger partial charge is 0.359 e. The lowest BCUT2D eigenvalue weighted by atomic mass is 10.1. The van der Waals surface area contributed by atoms with Crippen LogP contribution in [0.5, 0.6) is 0 Å². The lowest BCUT2D eigenvalue weighted by molar-refractivity contribution is -0.130. The summed E-state index contributed by atoms with van der Waals surface area (Å²) in [6.07, 6.45) is 3.15. The fraction of sp³-hybridized carbons (Fsp3) is 0.571. The summed E-state index contributed by atoms with van der Waals surface area (Å²) in [7, 11) is 3.29. The fourth-order valence-corrected chi connectivity index (χ4v) is 2.57. The number of nitrogens with one attached hydrogen (secondary N) is 1. The first-order valence-electron chi connectivity index (χ1n) is 7.17. The first-order valence-corrected chi connectivity index (χ1v) is 7.17. The van der Waals surface area contributed by atoms with Crippen molar-refractivity contribution < 1.29 is 14.4 Å². The smallest absolute Gasteiger partial charge is 0.257 e. The third kappa shape index (κ3) is 3.44. The third-order valence-corrected chi connectivity index (χ3v) is 3.82. The van der Waals surface area contributed by atoms with Crippen molar-refractivity contribution in [3.8, 4) is 0 Å². The molecule has 0 aromatic carbocycles. The van der Waals surface area contributed by atoms with Crippen molar-refractivity contribution in [1.29, 1.82) is 0 Å². The summed E-state index contributed by atoms with van der Waals surface area (Å²) in [5.74, 6) is -0.869. The van der Waals surface area contributed by atoms with Gasteiger partial charge in [-0.2, -0.15) is 5.10 Å². The highest BCUT2D eigenvalue weighted by atomic mass is 16.2. The molecule has 1 fully saturated rings. The number of aryl methyl sites for hydroxylation is 1. The van der Waals surface area contributed by atoms with Crippen molar-refractivity contribution in [2.24, 2.45) is 13.0 Å². The Labute approximate surface area is 129 Å². The van der Waals surface area contributed by atoms with E-state index in [0.29, 0.717) is 25.2 Å². The zero-order chi connectivity index (χ0) is 16.3. The molecule has 0 aliphatic carbocycles. The minimum Gasteiger partial charge on any atom is -0.359 e. The van der Waals surface area contributed by atoms with Crippen molar-refractivity contribution in [1.82, 2.24) is 24.9 Å². The topological polar surface area (TPSA) is 87.5 Å². The number of hydrogen-bond acceptors (Lipinski definition) is 4. The van der Waals surface area contributed by atoms with E-state index in [1.807, 2.05) is 0 Å². The van der Waals surface area contributed by atoms with Gasteiger partial charge < -0.3 is 15.1 Å². The van der Waals surface area contributed by atoms with Crippen LogP contribution in [0.15, 0.2) is 12.4 Å². The Hall–Kier alpha value is -2.38. The third-order valence-electron chi connectivity index (χ3n) is 3.82. The molecule has 1 aliphatic heterocycles. The van der Waals surface area contributed by atoms with E-state index in [9.17, 15) is 14.4 Å². The van der Waals surface area contributed by atoms with Crippen LogP contribution in [0.2, 0.25) is 0 Å². The van der Waals surface area contributed by atoms with Gasteiger partial charge in [-0.3, -0.25) is 19.1 Å². The van der Waals surface area contributed by atoms with Crippen LogP contribution in [-0.4, -0.2) is 70.5 Å². The molecule has 1 aromatic rings. The quantitative estimate of drug-likeness (QED) is 0.766. The van der Waals surface area contributed by atoms with Crippen molar-refractivity contribution in [2.75, 3.05) is 33.2 Å². The van der Waals surface area contributed by atoms with Gasteiger partial charge >= 0.3 is 0 Å². The number of hydrogen-bond donors (Lipinski definition) is 1. The second kappa shape index (κ2) is 6.59. The molecule has 2 heterocycles. The molecule has 0 bridgehead atoms. The average molecular weight is 307 g/mol. The summed E-state index contributed by atoms with van der Waals surface area (Å²) in [6, 6.07) is 0. The maximum atomic E-state index is 12.5. The predicted octanol–water partition coefficient (Wildman–Crippen LogP) is -0.913. The first kappa shape index (κ1) is 16.0. The van der Waals surface area contributed by atoms with Gasteiger partial charge in [0.05, 0.1) is 17.7 Å². The number of aromatic nitrogens is 2. The molecule has 0 unspecified atom stereocenters. The van der Waals surface area contributed by atoms with Crippen LogP contribution in [0.1, 0.15) is 17.3 Å². The van der Waals surface area contributed by atoms with Crippen LogP contribution < -0.4 is 5.32 Å². The molecule has 1 aliphatic rings. The van der Waals surface area contributed by atoms with Crippen molar-refractivity contribution >= 4 is 17.7 Å². The molecule has 1 atom stereocenters. The van der Waals surface area contributed by atoms with Gasteiger partial charge in [0.2, 0.25) is 11.8 Å². The molecule has 0 saturated carbocycles. The normalized spacial score (nSPS) is 18.8. The maximum absolute atomic E-state index is 12.5. The Kier molecular flexibility index (Phi) is 4.79. The Balaban J connectivity index is 2.19. The van der Waals surface area contributed by atoms with Crippen molar-refractivity contribution in [2.45, 2.75) is 6.92 Å². The summed E-state index contributed by atoms with van der Waals surface area (Å²) < 4.78 is 1.56. The fourth-order valence-electron chi connectivity index (χ4n) is 2.57. The summed E-state index contributed by atoms with van der Waals surface area (Å²) >= 11 is 0. The minimum atomic E-state index is -0.433. The highest BCUT2D eigenvalue weighted by Gasteiger charge is 2.31. The van der Waals surface area contributed by atoms with E-state index in [0.717, 1.165) is 0 Å². The zero-order valence-corrected chi connectivity index (χ0v) is 13.1. The van der Waals surface area contributed by atoms with Crippen LogP contribution in [0.25, 0.3) is 0 Å². The number of carbonyl (C=O) groups is 3. The average Bonchev–Trinajstić information content (AvgIpc) is 2.80. The Morgan fingerprint density at radius 2 is 1.86 bits per heavy atom. The van der Waals surface area contributed by atoms with E-state index in [1.165, 1.54) is 13.1 Å². The molecule has 1 saturated heterocycles. The van der Waals surface area contributed by atoms with Gasteiger partial charge in [-0.1, -0.05) is 0 Å². The van der Waals surface area contributed by atoms with Crippen molar-refractivity contribution in [3.63, 3.8) is 0 Å². The van der Waals surface area contributed by atoms with Gasteiger partial charge in [0.25, 0.3) is 5.91 Å². The summed E-state index contributed by atoms with van der Waals surface area (Å²) in [4.78, 5) is 39.4. The molecule has 8 heteroatoms. The molecule has 1 aromatic heterocycles. The number of carbonyl (C=O) groups excluding carboxylic acids is 3. The van der Waals surface area contributed by atoms with E-state index >= 15 is 0 Å². The highest BCUT2D eigenvalue weighted by molar-refractivity contribution is 5.94. The highest BCUT2D eigenvalue weighted by Crippen LogP contribution is 2.13. The van der Waals surface area contributed by atoms with Gasteiger partial charge in [-0.15, -0.1) is 0 Å². The number of nitrogens with zero attached hydrogens (tertiary/aromatic N) is 4. The lowest BCUT2D eigenvalue weighted by Crippen LogP contribution is -2.42. The van der Waals surface area contributed by atoms with Gasteiger partial charge in [-0.25, -0.2) is 0 Å². The molecular weight excluding hydrogens is 286 g/mol. The summed E-state index contributed by atoms with van der Waals surface area (Å²) in [5, 5.41) is 6.59. The van der Waals surface area contributed by atoms with E-state index in [-0.39, 0.29) is 24.3 Å². The van der Waals surface area contributed by atoms with Gasteiger partial charge in [0, 0.05) is 53.4 Å². The summed E-state index contributed by atoms with van der Waals surface area (Å²) in [6.45, 7) is 2.91. The predicted molar refractivity (Wildman–Crippen MR) is 78.9 cm³/mol. The first-order chi connectivity index (χ1) is 10.4. The van der Waals surface area contributed by atoms with E-state index in [1.54, 1.807) is 34.8 Å². The number of rotatable bonds is 2. The molecule has 120 valence electrons. The SMILES string of the molecule is CNC(=O)[C@H]1CN(C(C)=O)CCN(C(=O)c2cnn(C)c2)C1. The number of amides is 3. The van der Waals surface area contributed by atoms with Gasteiger partial charge in [0.1, 0.15) is 0 Å². The van der Waals surface area contributed by atoms with Crippen LogP contribution in [0.3, 0.4) is 0 Å². The monoisotopic (exact) mass is 307 g/mol.